The van der Waals surface area contributed by atoms with Gasteiger partial charge in [0, 0.05) is 18.8 Å². The van der Waals surface area contributed by atoms with Gasteiger partial charge in [0.25, 0.3) is 0 Å². The smallest absolute Gasteiger partial charge is 0.310 e. The summed E-state index contributed by atoms with van der Waals surface area (Å²) in [6.45, 7) is 3.81. The lowest BCUT2D eigenvalue weighted by molar-refractivity contribution is 0.479. The van der Waals surface area contributed by atoms with Crippen LogP contribution in [-0.2, 0) is 6.54 Å². The summed E-state index contributed by atoms with van der Waals surface area (Å²) >= 11 is 0. The van der Waals surface area contributed by atoms with E-state index < -0.39 is 0 Å². The molecule has 0 radical (unpaired) electrons. The Morgan fingerprint density at radius 3 is 2.88 bits per heavy atom. The highest BCUT2D eigenvalue weighted by molar-refractivity contribution is 5.69. The number of aromatic nitrogens is 3. The van der Waals surface area contributed by atoms with E-state index in [4.69, 9.17) is 0 Å². The lowest BCUT2D eigenvalue weighted by Crippen LogP contribution is -2.32. The van der Waals surface area contributed by atoms with Crippen LogP contribution in [0.1, 0.15) is 30.4 Å². The largest absolute Gasteiger partial charge is 0.350 e. The summed E-state index contributed by atoms with van der Waals surface area (Å²) in [4.78, 5) is 12.3. The van der Waals surface area contributed by atoms with Gasteiger partial charge in [0.1, 0.15) is 0 Å². The van der Waals surface area contributed by atoms with Crippen molar-refractivity contribution < 1.29 is 0 Å². The second-order valence-electron chi connectivity index (χ2n) is 6.89. The van der Waals surface area contributed by atoms with E-state index in [1.807, 2.05) is 18.2 Å². The standard InChI is InChI=1S/C21H24N4O/c1-16-7-2-3-9-19(16)17-11-12-22-18(15-17)8-6-14-25-21(26)24-13-5-4-10-20(24)23-25/h2-5,7,9-10,13,15,18,22H,6,8,11-12,14H2,1H3. The van der Waals surface area contributed by atoms with Crippen molar-refractivity contribution in [2.75, 3.05) is 6.54 Å². The fourth-order valence-corrected chi connectivity index (χ4v) is 3.70. The molecule has 5 nitrogen and oxygen atoms in total. The van der Waals surface area contributed by atoms with E-state index in [0.29, 0.717) is 18.2 Å². The average Bonchev–Trinajstić information content (AvgIpc) is 2.99. The summed E-state index contributed by atoms with van der Waals surface area (Å²) in [6, 6.07) is 14.5. The molecule has 4 rings (SSSR count). The van der Waals surface area contributed by atoms with Gasteiger partial charge in [0.05, 0.1) is 0 Å². The third-order valence-corrected chi connectivity index (χ3v) is 5.07. The molecule has 0 fully saturated rings. The molecular formula is C21H24N4O. The SMILES string of the molecule is Cc1ccccc1C1=CC(CCCn2nc3ccccn3c2=O)NCC1. The molecule has 26 heavy (non-hydrogen) atoms. The molecule has 1 unspecified atom stereocenters. The molecule has 2 aromatic heterocycles. The molecule has 0 amide bonds. The second-order valence-corrected chi connectivity index (χ2v) is 6.89. The first-order chi connectivity index (χ1) is 12.7. The van der Waals surface area contributed by atoms with Crippen molar-refractivity contribution in [2.24, 2.45) is 0 Å². The molecular weight excluding hydrogens is 324 g/mol. The topological polar surface area (TPSA) is 51.3 Å². The highest BCUT2D eigenvalue weighted by atomic mass is 16.2. The molecule has 3 aromatic rings. The van der Waals surface area contributed by atoms with Gasteiger partial charge in [0.15, 0.2) is 5.65 Å². The van der Waals surface area contributed by atoms with E-state index in [9.17, 15) is 4.79 Å². The number of nitrogens with one attached hydrogen (secondary N) is 1. The zero-order valence-electron chi connectivity index (χ0n) is 15.1. The maximum atomic E-state index is 12.3. The van der Waals surface area contributed by atoms with Gasteiger partial charge in [-0.3, -0.25) is 4.40 Å². The Hall–Kier alpha value is -2.66. The van der Waals surface area contributed by atoms with Crippen LogP contribution in [0, 0.1) is 6.92 Å². The maximum absolute atomic E-state index is 12.3. The minimum Gasteiger partial charge on any atom is -0.310 e. The fourth-order valence-electron chi connectivity index (χ4n) is 3.70. The van der Waals surface area contributed by atoms with Crippen molar-refractivity contribution in [1.82, 2.24) is 19.5 Å². The Kier molecular flexibility index (Phi) is 4.71. The predicted molar refractivity (Wildman–Crippen MR) is 104 cm³/mol. The lowest BCUT2D eigenvalue weighted by atomic mass is 9.93. The van der Waals surface area contributed by atoms with Gasteiger partial charge in [-0.25, -0.2) is 9.48 Å². The summed E-state index contributed by atoms with van der Waals surface area (Å²) in [7, 11) is 0. The van der Waals surface area contributed by atoms with Gasteiger partial charge in [-0.05, 0) is 61.6 Å². The van der Waals surface area contributed by atoms with E-state index in [2.05, 4.69) is 47.7 Å². The molecule has 1 aliphatic heterocycles. The lowest BCUT2D eigenvalue weighted by Gasteiger charge is -2.24. The average molecular weight is 348 g/mol. The molecule has 134 valence electrons. The second kappa shape index (κ2) is 7.30. The number of pyridine rings is 1. The summed E-state index contributed by atoms with van der Waals surface area (Å²) < 4.78 is 3.17. The summed E-state index contributed by atoms with van der Waals surface area (Å²) in [5.74, 6) is 0. The van der Waals surface area contributed by atoms with Crippen LogP contribution >= 0.6 is 0 Å². The van der Waals surface area contributed by atoms with Crippen molar-refractivity contribution in [3.8, 4) is 0 Å². The van der Waals surface area contributed by atoms with Gasteiger partial charge in [0.2, 0.25) is 0 Å². The monoisotopic (exact) mass is 348 g/mol. The molecule has 0 saturated heterocycles. The zero-order chi connectivity index (χ0) is 17.9. The molecule has 1 atom stereocenters. The van der Waals surface area contributed by atoms with E-state index in [1.165, 1.54) is 16.7 Å². The number of fused-ring (bicyclic) bond motifs is 1. The zero-order valence-corrected chi connectivity index (χ0v) is 15.1. The molecule has 0 saturated carbocycles. The number of rotatable bonds is 5. The third kappa shape index (κ3) is 3.35. The Balaban J connectivity index is 1.43. The van der Waals surface area contributed by atoms with Gasteiger partial charge in [-0.2, -0.15) is 0 Å². The molecule has 5 heteroatoms. The Bertz CT molecular complexity index is 998. The first kappa shape index (κ1) is 16.8. The Labute approximate surface area is 153 Å². The van der Waals surface area contributed by atoms with Gasteiger partial charge in [-0.15, -0.1) is 5.10 Å². The van der Waals surface area contributed by atoms with Crippen LogP contribution in [0.2, 0.25) is 0 Å². The summed E-state index contributed by atoms with van der Waals surface area (Å²) in [6.07, 6.45) is 7.10. The molecule has 0 spiro atoms. The molecule has 1 N–H and O–H groups in total. The van der Waals surface area contributed by atoms with Crippen molar-refractivity contribution in [3.63, 3.8) is 0 Å². The van der Waals surface area contributed by atoms with Crippen LogP contribution in [0.5, 0.6) is 0 Å². The van der Waals surface area contributed by atoms with E-state index >= 15 is 0 Å². The van der Waals surface area contributed by atoms with Crippen LogP contribution in [-0.4, -0.2) is 26.8 Å². The number of benzene rings is 1. The Morgan fingerprint density at radius 1 is 1.19 bits per heavy atom. The molecule has 0 bridgehead atoms. The van der Waals surface area contributed by atoms with E-state index in [-0.39, 0.29) is 5.69 Å². The fraction of sp³-hybridized carbons (Fsp3) is 0.333. The number of aryl methyl sites for hydroxylation is 2. The van der Waals surface area contributed by atoms with Crippen molar-refractivity contribution in [1.29, 1.82) is 0 Å². The molecule has 0 aliphatic carbocycles. The molecule has 1 aliphatic rings. The number of hydrogen-bond acceptors (Lipinski definition) is 3. The summed E-state index contributed by atoms with van der Waals surface area (Å²) in [5, 5.41) is 7.98. The van der Waals surface area contributed by atoms with Crippen molar-refractivity contribution in [2.45, 2.75) is 38.8 Å². The van der Waals surface area contributed by atoms with Crippen LogP contribution in [0.15, 0.2) is 59.5 Å². The van der Waals surface area contributed by atoms with Crippen LogP contribution in [0.25, 0.3) is 11.2 Å². The third-order valence-electron chi connectivity index (χ3n) is 5.07. The van der Waals surface area contributed by atoms with Crippen LogP contribution < -0.4 is 11.0 Å². The van der Waals surface area contributed by atoms with Crippen molar-refractivity contribution >= 4 is 11.2 Å². The minimum atomic E-state index is -0.0617. The number of hydrogen-bond donors (Lipinski definition) is 1. The summed E-state index contributed by atoms with van der Waals surface area (Å²) in [5.41, 5.74) is 4.76. The van der Waals surface area contributed by atoms with E-state index in [0.717, 1.165) is 25.8 Å². The van der Waals surface area contributed by atoms with Gasteiger partial charge >= 0.3 is 5.69 Å². The molecule has 1 aromatic carbocycles. The van der Waals surface area contributed by atoms with Crippen molar-refractivity contribution in [3.05, 3.63) is 76.3 Å². The number of nitrogens with zero attached hydrogens (tertiary/aromatic N) is 3. The van der Waals surface area contributed by atoms with Crippen LogP contribution in [0.3, 0.4) is 0 Å². The van der Waals surface area contributed by atoms with Gasteiger partial charge in [-0.1, -0.05) is 36.4 Å². The normalized spacial score (nSPS) is 17.4. The molecule has 3 heterocycles. The first-order valence-electron chi connectivity index (χ1n) is 9.27. The van der Waals surface area contributed by atoms with Crippen LogP contribution in [0.4, 0.5) is 0 Å². The van der Waals surface area contributed by atoms with E-state index in [1.54, 1.807) is 15.3 Å². The maximum Gasteiger partial charge on any atom is 0.350 e. The minimum absolute atomic E-state index is 0.0617. The van der Waals surface area contributed by atoms with Gasteiger partial charge < -0.3 is 5.32 Å². The predicted octanol–water partition coefficient (Wildman–Crippen LogP) is 3.03. The highest BCUT2D eigenvalue weighted by Crippen LogP contribution is 2.25. The highest BCUT2D eigenvalue weighted by Gasteiger charge is 2.15. The first-order valence-corrected chi connectivity index (χ1v) is 9.27. The Morgan fingerprint density at radius 2 is 2.04 bits per heavy atom. The quantitative estimate of drug-likeness (QED) is 0.771.